The number of hydrogen-bond acceptors (Lipinski definition) is 4. The molecule has 0 saturated heterocycles. The number of benzene rings is 1. The maximum absolute atomic E-state index is 12.0. The third kappa shape index (κ3) is 4.39. The number of rotatable bonds is 7. The lowest BCUT2D eigenvalue weighted by atomic mass is 10.1. The summed E-state index contributed by atoms with van der Waals surface area (Å²) >= 11 is 1.38. The van der Waals surface area contributed by atoms with Gasteiger partial charge >= 0.3 is 0 Å². The van der Waals surface area contributed by atoms with Crippen molar-refractivity contribution in [2.45, 2.75) is 33.9 Å². The zero-order valence-corrected chi connectivity index (χ0v) is 14.2. The molecule has 22 heavy (non-hydrogen) atoms. The highest BCUT2D eigenvalue weighted by atomic mass is 32.1. The van der Waals surface area contributed by atoms with Crippen molar-refractivity contribution in [1.82, 2.24) is 15.2 Å². The first-order valence-electron chi connectivity index (χ1n) is 7.62. The van der Waals surface area contributed by atoms with Crippen LogP contribution < -0.4 is 5.32 Å². The summed E-state index contributed by atoms with van der Waals surface area (Å²) in [5.74, 6) is -0.0489. The molecule has 0 aliphatic heterocycles. The molecule has 5 heteroatoms. The standard InChI is InChI=1S/C17H23N3OS/c1-4-20(5-2)11-15-8-6-14(7-9-15)10-18-17(21)16-13(3)19-12-22-16/h6-9,12H,4-5,10-11H2,1-3H3,(H,18,21). The summed E-state index contributed by atoms with van der Waals surface area (Å²) in [5, 5.41) is 2.95. The summed E-state index contributed by atoms with van der Waals surface area (Å²) in [4.78, 5) is 19.2. The van der Waals surface area contributed by atoms with Gasteiger partial charge in [-0.25, -0.2) is 4.98 Å². The minimum Gasteiger partial charge on any atom is -0.347 e. The number of hydrogen-bond donors (Lipinski definition) is 1. The molecule has 0 aliphatic rings. The molecule has 0 radical (unpaired) electrons. The van der Waals surface area contributed by atoms with Crippen molar-refractivity contribution in [3.05, 3.63) is 51.5 Å². The van der Waals surface area contributed by atoms with Crippen LogP contribution in [0.1, 0.15) is 40.3 Å². The summed E-state index contributed by atoms with van der Waals surface area (Å²) in [6.07, 6.45) is 0. The van der Waals surface area contributed by atoms with Gasteiger partial charge in [-0.05, 0) is 31.1 Å². The number of carbonyl (C=O) groups excluding carboxylic acids is 1. The van der Waals surface area contributed by atoms with Gasteiger partial charge < -0.3 is 5.32 Å². The van der Waals surface area contributed by atoms with Crippen LogP contribution in [0.2, 0.25) is 0 Å². The van der Waals surface area contributed by atoms with Gasteiger partial charge in [0.2, 0.25) is 0 Å². The molecular weight excluding hydrogens is 294 g/mol. The molecule has 1 heterocycles. The molecule has 0 bridgehead atoms. The number of aryl methyl sites for hydroxylation is 1. The zero-order chi connectivity index (χ0) is 15.9. The molecule has 1 N–H and O–H groups in total. The van der Waals surface area contributed by atoms with E-state index in [4.69, 9.17) is 0 Å². The first-order valence-corrected chi connectivity index (χ1v) is 8.50. The van der Waals surface area contributed by atoms with Crippen molar-refractivity contribution < 1.29 is 4.79 Å². The monoisotopic (exact) mass is 317 g/mol. The Balaban J connectivity index is 1.89. The molecule has 0 atom stereocenters. The van der Waals surface area contributed by atoms with Gasteiger partial charge in [0.1, 0.15) is 4.88 Å². The number of thiazole rings is 1. The minimum atomic E-state index is -0.0489. The number of aromatic nitrogens is 1. The third-order valence-electron chi connectivity index (χ3n) is 3.73. The van der Waals surface area contributed by atoms with Gasteiger partial charge in [0.15, 0.2) is 0 Å². The van der Waals surface area contributed by atoms with Crippen LogP contribution in [0.15, 0.2) is 29.8 Å². The number of nitrogens with zero attached hydrogens (tertiary/aromatic N) is 2. The molecule has 1 aromatic heterocycles. The fourth-order valence-corrected chi connectivity index (χ4v) is 2.97. The third-order valence-corrected chi connectivity index (χ3v) is 4.66. The average molecular weight is 317 g/mol. The first kappa shape index (κ1) is 16.6. The SMILES string of the molecule is CCN(CC)Cc1ccc(CNC(=O)c2scnc2C)cc1. The molecular formula is C17H23N3OS. The van der Waals surface area contributed by atoms with Crippen molar-refractivity contribution in [2.24, 2.45) is 0 Å². The molecule has 0 unspecified atom stereocenters. The molecule has 0 spiro atoms. The van der Waals surface area contributed by atoms with Crippen molar-refractivity contribution in [1.29, 1.82) is 0 Å². The van der Waals surface area contributed by atoms with E-state index in [0.717, 1.165) is 30.9 Å². The molecule has 1 aromatic carbocycles. The van der Waals surface area contributed by atoms with Gasteiger partial charge in [-0.1, -0.05) is 38.1 Å². The second kappa shape index (κ2) is 8.06. The van der Waals surface area contributed by atoms with Crippen molar-refractivity contribution in [3.8, 4) is 0 Å². The Hall–Kier alpha value is -1.72. The second-order valence-electron chi connectivity index (χ2n) is 5.23. The molecule has 0 fully saturated rings. The molecule has 1 amide bonds. The molecule has 0 aliphatic carbocycles. The average Bonchev–Trinajstić information content (AvgIpc) is 2.97. The second-order valence-corrected chi connectivity index (χ2v) is 6.08. The quantitative estimate of drug-likeness (QED) is 0.853. The topological polar surface area (TPSA) is 45.2 Å². The summed E-state index contributed by atoms with van der Waals surface area (Å²) in [6, 6.07) is 8.44. The minimum absolute atomic E-state index is 0.0489. The highest BCUT2D eigenvalue weighted by Gasteiger charge is 2.11. The van der Waals surface area contributed by atoms with E-state index >= 15 is 0 Å². The van der Waals surface area contributed by atoms with Gasteiger partial charge in [-0.2, -0.15) is 0 Å². The van der Waals surface area contributed by atoms with E-state index in [-0.39, 0.29) is 5.91 Å². The van der Waals surface area contributed by atoms with Gasteiger partial charge in [-0.3, -0.25) is 9.69 Å². The van der Waals surface area contributed by atoms with Crippen molar-refractivity contribution >= 4 is 17.2 Å². The van der Waals surface area contributed by atoms with Crippen LogP contribution in [0.4, 0.5) is 0 Å². The highest BCUT2D eigenvalue weighted by molar-refractivity contribution is 7.11. The molecule has 2 aromatic rings. The highest BCUT2D eigenvalue weighted by Crippen LogP contribution is 2.12. The smallest absolute Gasteiger partial charge is 0.263 e. The van der Waals surface area contributed by atoms with E-state index < -0.39 is 0 Å². The van der Waals surface area contributed by atoms with Crippen LogP contribution in [0, 0.1) is 6.92 Å². The van der Waals surface area contributed by atoms with Crippen LogP contribution in [0.3, 0.4) is 0 Å². The van der Waals surface area contributed by atoms with E-state index in [9.17, 15) is 4.79 Å². The lowest BCUT2D eigenvalue weighted by Gasteiger charge is -2.18. The largest absolute Gasteiger partial charge is 0.347 e. The lowest BCUT2D eigenvalue weighted by molar-refractivity contribution is 0.0954. The number of nitrogens with one attached hydrogen (secondary N) is 1. The first-order chi connectivity index (χ1) is 10.6. The molecule has 4 nitrogen and oxygen atoms in total. The van der Waals surface area contributed by atoms with Crippen LogP contribution in [0.5, 0.6) is 0 Å². The number of carbonyl (C=O) groups is 1. The van der Waals surface area contributed by atoms with Crippen molar-refractivity contribution in [3.63, 3.8) is 0 Å². The lowest BCUT2D eigenvalue weighted by Crippen LogP contribution is -2.23. The zero-order valence-electron chi connectivity index (χ0n) is 13.4. The number of amides is 1. The van der Waals surface area contributed by atoms with Crippen molar-refractivity contribution in [2.75, 3.05) is 13.1 Å². The predicted octanol–water partition coefficient (Wildman–Crippen LogP) is 3.22. The Kier molecular flexibility index (Phi) is 6.10. The van der Waals surface area contributed by atoms with Crippen LogP contribution in [-0.4, -0.2) is 28.9 Å². The summed E-state index contributed by atoms with van der Waals surface area (Å²) in [7, 11) is 0. The Morgan fingerprint density at radius 1 is 1.18 bits per heavy atom. The van der Waals surface area contributed by atoms with Gasteiger partial charge in [0, 0.05) is 13.1 Å². The van der Waals surface area contributed by atoms with E-state index in [2.05, 4.69) is 53.3 Å². The summed E-state index contributed by atoms with van der Waals surface area (Å²) < 4.78 is 0. The normalized spacial score (nSPS) is 10.9. The van der Waals surface area contributed by atoms with E-state index in [1.165, 1.54) is 16.9 Å². The van der Waals surface area contributed by atoms with E-state index in [1.807, 2.05) is 6.92 Å². The van der Waals surface area contributed by atoms with Crippen LogP contribution in [0.25, 0.3) is 0 Å². The van der Waals surface area contributed by atoms with Crippen LogP contribution in [-0.2, 0) is 13.1 Å². The maximum Gasteiger partial charge on any atom is 0.263 e. The Labute approximate surface area is 136 Å². The van der Waals surface area contributed by atoms with Gasteiger partial charge in [0.25, 0.3) is 5.91 Å². The van der Waals surface area contributed by atoms with Gasteiger partial charge in [0.05, 0.1) is 11.2 Å². The van der Waals surface area contributed by atoms with E-state index in [1.54, 1.807) is 5.51 Å². The Morgan fingerprint density at radius 2 is 1.82 bits per heavy atom. The molecule has 0 saturated carbocycles. The summed E-state index contributed by atoms with van der Waals surface area (Å²) in [6.45, 7) is 9.84. The molecule has 118 valence electrons. The van der Waals surface area contributed by atoms with E-state index in [0.29, 0.717) is 11.4 Å². The maximum atomic E-state index is 12.0. The van der Waals surface area contributed by atoms with Crippen LogP contribution >= 0.6 is 11.3 Å². The fraction of sp³-hybridized carbons (Fsp3) is 0.412. The molecule has 2 rings (SSSR count). The Bertz CT molecular complexity index is 603. The van der Waals surface area contributed by atoms with Gasteiger partial charge in [-0.15, -0.1) is 11.3 Å². The predicted molar refractivity (Wildman–Crippen MR) is 91.1 cm³/mol. The summed E-state index contributed by atoms with van der Waals surface area (Å²) in [5.41, 5.74) is 4.90. The fourth-order valence-electron chi connectivity index (χ4n) is 2.25. The Morgan fingerprint density at radius 3 is 2.36 bits per heavy atom.